The van der Waals surface area contributed by atoms with E-state index in [4.69, 9.17) is 4.74 Å². The van der Waals surface area contributed by atoms with Crippen LogP contribution in [0.4, 0.5) is 0 Å². The van der Waals surface area contributed by atoms with Gasteiger partial charge in [0.1, 0.15) is 17.8 Å². The monoisotopic (exact) mass is 610 g/mol. The lowest BCUT2D eigenvalue weighted by Gasteiger charge is -2.35. The highest BCUT2D eigenvalue weighted by Crippen LogP contribution is 2.36. The fraction of sp³-hybridized carbons (Fsp3) is 0.387. The minimum absolute atomic E-state index is 0.105. The van der Waals surface area contributed by atoms with Crippen molar-refractivity contribution in [2.24, 2.45) is 4.40 Å². The van der Waals surface area contributed by atoms with Crippen LogP contribution in [0.25, 0.3) is 0 Å². The molecule has 3 aromatic rings. The summed E-state index contributed by atoms with van der Waals surface area (Å²) in [4.78, 5) is 4.34. The van der Waals surface area contributed by atoms with Crippen LogP contribution in [0.2, 0.25) is 0 Å². The molecule has 2 saturated heterocycles. The largest absolute Gasteiger partial charge is 0.497 e. The molecule has 2 heterocycles. The molecule has 0 aromatic heterocycles. The number of aryl methyl sites for hydroxylation is 2. The van der Waals surface area contributed by atoms with Crippen molar-refractivity contribution in [3.05, 3.63) is 89.5 Å². The van der Waals surface area contributed by atoms with Crippen molar-refractivity contribution in [3.63, 3.8) is 0 Å². The summed E-state index contributed by atoms with van der Waals surface area (Å²) in [7, 11) is -6.41. The van der Waals surface area contributed by atoms with Crippen molar-refractivity contribution in [3.8, 4) is 5.75 Å². The van der Waals surface area contributed by atoms with E-state index in [9.17, 15) is 16.8 Å². The maximum atomic E-state index is 14.1. The molecule has 5 rings (SSSR count). The van der Waals surface area contributed by atoms with E-state index in [0.717, 1.165) is 43.5 Å². The molecule has 1 atom stereocenters. The van der Waals surface area contributed by atoms with Gasteiger partial charge in [-0.25, -0.2) is 8.42 Å². The number of nitrogens with zero attached hydrogens (tertiary/aromatic N) is 4. The number of methoxy groups -OCH3 is 1. The molecule has 224 valence electrons. The Bertz CT molecular complexity index is 1620. The molecule has 1 unspecified atom stereocenters. The molecule has 0 spiro atoms. The first-order valence-electron chi connectivity index (χ1n) is 14.2. The zero-order valence-electron chi connectivity index (χ0n) is 24.3. The van der Waals surface area contributed by atoms with Crippen molar-refractivity contribution >= 4 is 25.9 Å². The summed E-state index contributed by atoms with van der Waals surface area (Å²) in [5.41, 5.74) is 2.60. The molecule has 2 aliphatic heterocycles. The van der Waals surface area contributed by atoms with Crippen molar-refractivity contribution in [1.29, 1.82) is 0 Å². The minimum atomic E-state index is -4.06. The Morgan fingerprint density at radius 3 is 1.90 bits per heavy atom. The number of benzene rings is 3. The average molecular weight is 611 g/mol. The highest BCUT2D eigenvalue weighted by atomic mass is 32.2. The van der Waals surface area contributed by atoms with Crippen LogP contribution in [0.3, 0.4) is 0 Å². The molecule has 0 bridgehead atoms. The van der Waals surface area contributed by atoms with E-state index >= 15 is 0 Å². The zero-order chi connectivity index (χ0) is 29.9. The molecule has 0 amide bonds. The summed E-state index contributed by atoms with van der Waals surface area (Å²) in [6.07, 6.45) is 2.38. The van der Waals surface area contributed by atoms with E-state index in [2.05, 4.69) is 9.30 Å². The lowest BCUT2D eigenvalue weighted by atomic mass is 10.1. The predicted octanol–water partition coefficient (Wildman–Crippen LogP) is 4.59. The quantitative estimate of drug-likeness (QED) is 0.272. The molecule has 0 radical (unpaired) electrons. The molecular formula is C31H38N4O5S2. The van der Waals surface area contributed by atoms with Crippen molar-refractivity contribution in [1.82, 2.24) is 14.1 Å². The van der Waals surface area contributed by atoms with Crippen LogP contribution in [0.5, 0.6) is 5.75 Å². The maximum Gasteiger partial charge on any atom is 0.283 e. The van der Waals surface area contributed by atoms with Gasteiger partial charge in [-0.1, -0.05) is 53.9 Å². The molecule has 0 N–H and O–H groups in total. The number of ether oxygens (including phenoxy) is 1. The number of rotatable bonds is 8. The second-order valence-corrected chi connectivity index (χ2v) is 14.4. The van der Waals surface area contributed by atoms with E-state index in [0.29, 0.717) is 23.7 Å². The molecule has 42 heavy (non-hydrogen) atoms. The normalized spacial score (nSPS) is 19.3. The summed E-state index contributed by atoms with van der Waals surface area (Å²) < 4.78 is 66.6. The summed E-state index contributed by atoms with van der Waals surface area (Å²) in [6.45, 7) is 6.23. The van der Waals surface area contributed by atoms with Crippen LogP contribution in [-0.4, -0.2) is 76.6 Å². The zero-order valence-corrected chi connectivity index (χ0v) is 25.9. The van der Waals surface area contributed by atoms with Crippen molar-refractivity contribution < 1.29 is 21.6 Å². The van der Waals surface area contributed by atoms with Crippen LogP contribution < -0.4 is 4.74 Å². The van der Waals surface area contributed by atoms with E-state index < -0.39 is 26.2 Å². The standard InChI is InChI=1S/C31H38N4O5S2/c1-24-7-15-28(16-8-24)41(36,37)32-30(23-33-19-5-4-6-20-33)34-21-22-35(31(34)26-11-13-27(40-3)14-12-26)42(38,39)29-17-9-25(2)10-18-29/h7-18,31H,4-6,19-23H2,1-3H3. The summed E-state index contributed by atoms with van der Waals surface area (Å²) in [6, 6.07) is 20.6. The Labute approximate surface area is 249 Å². The first-order chi connectivity index (χ1) is 20.1. The number of hydrogen-bond donors (Lipinski definition) is 0. The molecule has 3 aromatic carbocycles. The fourth-order valence-electron chi connectivity index (χ4n) is 5.49. The highest BCUT2D eigenvalue weighted by Gasteiger charge is 2.43. The number of amidine groups is 1. The smallest absolute Gasteiger partial charge is 0.283 e. The SMILES string of the molecule is COc1ccc(C2N(C(CN3CCCCC3)=NS(=O)(=O)c3ccc(C)cc3)CCN2S(=O)(=O)c2ccc(C)cc2)cc1. The lowest BCUT2D eigenvalue weighted by Crippen LogP contribution is -2.44. The molecule has 2 fully saturated rings. The van der Waals surface area contributed by atoms with Gasteiger partial charge in [-0.15, -0.1) is 4.40 Å². The van der Waals surface area contributed by atoms with Crippen LogP contribution in [0.1, 0.15) is 42.1 Å². The second kappa shape index (κ2) is 12.5. The van der Waals surface area contributed by atoms with Gasteiger partial charge in [-0.2, -0.15) is 12.7 Å². The fourth-order valence-corrected chi connectivity index (χ4v) is 8.08. The number of hydrogen-bond acceptors (Lipinski definition) is 6. The van der Waals surface area contributed by atoms with Gasteiger partial charge in [-0.3, -0.25) is 4.90 Å². The van der Waals surface area contributed by atoms with Gasteiger partial charge >= 0.3 is 0 Å². The average Bonchev–Trinajstić information content (AvgIpc) is 3.44. The number of sulfonamides is 2. The van der Waals surface area contributed by atoms with Gasteiger partial charge in [-0.05, 0) is 81.7 Å². The molecule has 9 nitrogen and oxygen atoms in total. The van der Waals surface area contributed by atoms with Gasteiger partial charge in [0.2, 0.25) is 10.0 Å². The predicted molar refractivity (Wildman–Crippen MR) is 164 cm³/mol. The maximum absolute atomic E-state index is 14.1. The van der Waals surface area contributed by atoms with Crippen LogP contribution in [0.15, 0.2) is 87.0 Å². The Morgan fingerprint density at radius 1 is 0.762 bits per heavy atom. The van der Waals surface area contributed by atoms with Gasteiger partial charge < -0.3 is 9.64 Å². The van der Waals surface area contributed by atoms with E-state index in [1.165, 1.54) is 4.31 Å². The summed E-state index contributed by atoms with van der Waals surface area (Å²) in [5, 5.41) is 0. The Hall–Kier alpha value is -3.25. The molecular weight excluding hydrogens is 572 g/mol. The van der Waals surface area contributed by atoms with E-state index in [1.807, 2.05) is 30.9 Å². The van der Waals surface area contributed by atoms with Crippen molar-refractivity contribution in [2.75, 3.05) is 39.8 Å². The number of piperidine rings is 1. The Balaban J connectivity index is 1.61. The number of likely N-dealkylation sites (tertiary alicyclic amines) is 1. The minimum Gasteiger partial charge on any atom is -0.497 e. The third-order valence-corrected chi connectivity index (χ3v) is 11.0. The van der Waals surface area contributed by atoms with Crippen LogP contribution in [0, 0.1) is 13.8 Å². The second-order valence-electron chi connectivity index (χ2n) is 10.9. The van der Waals surface area contributed by atoms with E-state index in [-0.39, 0.29) is 22.9 Å². The molecule has 11 heteroatoms. The topological polar surface area (TPSA) is 99.6 Å². The first-order valence-corrected chi connectivity index (χ1v) is 17.1. The van der Waals surface area contributed by atoms with E-state index in [1.54, 1.807) is 67.8 Å². The summed E-state index contributed by atoms with van der Waals surface area (Å²) >= 11 is 0. The van der Waals surface area contributed by atoms with Gasteiger partial charge in [0.05, 0.1) is 23.4 Å². The van der Waals surface area contributed by atoms with Crippen molar-refractivity contribution in [2.45, 2.75) is 49.1 Å². The molecule has 0 saturated carbocycles. The Morgan fingerprint density at radius 2 is 1.33 bits per heavy atom. The third kappa shape index (κ3) is 6.54. The van der Waals surface area contributed by atoms with Crippen LogP contribution >= 0.6 is 0 Å². The van der Waals surface area contributed by atoms with Crippen LogP contribution in [-0.2, 0) is 20.0 Å². The lowest BCUT2D eigenvalue weighted by molar-refractivity contribution is 0.234. The molecule has 0 aliphatic carbocycles. The highest BCUT2D eigenvalue weighted by molar-refractivity contribution is 7.90. The third-order valence-electron chi connectivity index (χ3n) is 7.86. The first kappa shape index (κ1) is 30.2. The van der Waals surface area contributed by atoms with Gasteiger partial charge in [0, 0.05) is 13.1 Å². The van der Waals surface area contributed by atoms with Gasteiger partial charge in [0.15, 0.2) is 0 Å². The van der Waals surface area contributed by atoms with Gasteiger partial charge in [0.25, 0.3) is 10.0 Å². The summed E-state index contributed by atoms with van der Waals surface area (Å²) in [5.74, 6) is 0.972. The molecule has 2 aliphatic rings. The Kier molecular flexibility index (Phi) is 9.03.